The molecule has 0 bridgehead atoms. The van der Waals surface area contributed by atoms with Crippen molar-refractivity contribution in [1.82, 2.24) is 4.90 Å². The van der Waals surface area contributed by atoms with E-state index in [1.165, 1.54) is 51.4 Å². The van der Waals surface area contributed by atoms with Gasteiger partial charge in [0.15, 0.2) is 0 Å². The molecule has 2 aliphatic carbocycles. The molecule has 0 aromatic rings. The zero-order chi connectivity index (χ0) is 14.8. The summed E-state index contributed by atoms with van der Waals surface area (Å²) in [6.45, 7) is 8.09. The fraction of sp³-hybridized carbons (Fsp3) is 1.00. The van der Waals surface area contributed by atoms with E-state index >= 15 is 0 Å². The Labute approximate surface area is 126 Å². The van der Waals surface area contributed by atoms with Crippen LogP contribution in [0.1, 0.15) is 72.1 Å². The van der Waals surface area contributed by atoms with Crippen LogP contribution in [0.25, 0.3) is 0 Å². The van der Waals surface area contributed by atoms with Crippen LogP contribution in [0.3, 0.4) is 0 Å². The normalized spacial score (nSPS) is 35.4. The first-order valence-electron chi connectivity index (χ1n) is 8.89. The molecule has 3 unspecified atom stereocenters. The van der Waals surface area contributed by atoms with Crippen LogP contribution >= 0.6 is 0 Å². The monoisotopic (exact) mass is 280 g/mol. The molecule has 0 heterocycles. The lowest BCUT2D eigenvalue weighted by molar-refractivity contribution is 0.0368. The highest BCUT2D eigenvalue weighted by Gasteiger charge is 2.36. The second-order valence-corrected chi connectivity index (χ2v) is 8.21. The van der Waals surface area contributed by atoms with Gasteiger partial charge in [0.2, 0.25) is 0 Å². The maximum Gasteiger partial charge on any atom is 0.0138 e. The lowest BCUT2D eigenvalue weighted by atomic mass is 9.73. The third-order valence-electron chi connectivity index (χ3n) is 6.35. The Hall–Kier alpha value is -0.0800. The van der Waals surface area contributed by atoms with Crippen molar-refractivity contribution in [3.63, 3.8) is 0 Å². The molecule has 0 radical (unpaired) electrons. The van der Waals surface area contributed by atoms with Crippen molar-refractivity contribution in [3.05, 3.63) is 0 Å². The summed E-state index contributed by atoms with van der Waals surface area (Å²) in [5.74, 6) is 1.67. The molecule has 2 nitrogen and oxygen atoms in total. The van der Waals surface area contributed by atoms with E-state index in [1.54, 1.807) is 0 Å². The molecule has 2 saturated carbocycles. The molecule has 0 saturated heterocycles. The van der Waals surface area contributed by atoms with Gasteiger partial charge in [0.1, 0.15) is 0 Å². The van der Waals surface area contributed by atoms with Gasteiger partial charge >= 0.3 is 0 Å². The second kappa shape index (κ2) is 6.79. The van der Waals surface area contributed by atoms with Crippen molar-refractivity contribution >= 4 is 0 Å². The molecule has 2 N–H and O–H groups in total. The van der Waals surface area contributed by atoms with Crippen LogP contribution in [0.2, 0.25) is 0 Å². The van der Waals surface area contributed by atoms with Gasteiger partial charge in [-0.2, -0.15) is 0 Å². The highest BCUT2D eigenvalue weighted by molar-refractivity contribution is 4.91. The van der Waals surface area contributed by atoms with Crippen molar-refractivity contribution in [3.8, 4) is 0 Å². The van der Waals surface area contributed by atoms with Crippen molar-refractivity contribution < 1.29 is 0 Å². The molecule has 2 fully saturated rings. The van der Waals surface area contributed by atoms with E-state index in [-0.39, 0.29) is 0 Å². The Morgan fingerprint density at radius 1 is 1.10 bits per heavy atom. The molecular weight excluding hydrogens is 244 g/mol. The molecule has 3 atom stereocenters. The Morgan fingerprint density at radius 3 is 2.30 bits per heavy atom. The Kier molecular flexibility index (Phi) is 5.53. The van der Waals surface area contributed by atoms with E-state index in [1.807, 2.05) is 0 Å². The molecule has 2 heteroatoms. The van der Waals surface area contributed by atoms with Gasteiger partial charge in [-0.05, 0) is 69.4 Å². The van der Waals surface area contributed by atoms with Crippen LogP contribution in [0.4, 0.5) is 0 Å². The molecular formula is C18H36N2. The quantitative estimate of drug-likeness (QED) is 0.842. The van der Waals surface area contributed by atoms with E-state index < -0.39 is 0 Å². The SMILES string of the molecule is CCC1CCC(CN)C(N(C)C2CCC(C)(C)CC2)C1. The van der Waals surface area contributed by atoms with Gasteiger partial charge in [0, 0.05) is 12.1 Å². The molecule has 0 aromatic carbocycles. The van der Waals surface area contributed by atoms with Crippen LogP contribution < -0.4 is 5.73 Å². The maximum absolute atomic E-state index is 6.06. The number of nitrogens with two attached hydrogens (primary N) is 1. The summed E-state index contributed by atoms with van der Waals surface area (Å²) in [5.41, 5.74) is 6.64. The van der Waals surface area contributed by atoms with Crippen LogP contribution in [0.5, 0.6) is 0 Å². The van der Waals surface area contributed by atoms with E-state index in [9.17, 15) is 0 Å². The van der Waals surface area contributed by atoms with Crippen molar-refractivity contribution in [2.75, 3.05) is 13.6 Å². The summed E-state index contributed by atoms with van der Waals surface area (Å²) < 4.78 is 0. The molecule has 0 aliphatic heterocycles. The number of nitrogens with zero attached hydrogens (tertiary/aromatic N) is 1. The molecule has 2 rings (SSSR count). The lowest BCUT2D eigenvalue weighted by Gasteiger charge is -2.47. The van der Waals surface area contributed by atoms with Gasteiger partial charge in [0.05, 0.1) is 0 Å². The summed E-state index contributed by atoms with van der Waals surface area (Å²) in [7, 11) is 2.38. The predicted molar refractivity (Wildman–Crippen MR) is 87.8 cm³/mol. The topological polar surface area (TPSA) is 29.3 Å². The van der Waals surface area contributed by atoms with Gasteiger partial charge in [0.25, 0.3) is 0 Å². The first-order chi connectivity index (χ1) is 9.46. The van der Waals surface area contributed by atoms with Crippen LogP contribution in [-0.4, -0.2) is 30.6 Å². The number of rotatable bonds is 4. The van der Waals surface area contributed by atoms with E-state index in [0.717, 1.165) is 30.5 Å². The average Bonchev–Trinajstić information content (AvgIpc) is 2.45. The van der Waals surface area contributed by atoms with E-state index in [2.05, 4.69) is 32.7 Å². The first kappa shape index (κ1) is 16.3. The van der Waals surface area contributed by atoms with Crippen molar-refractivity contribution in [2.24, 2.45) is 23.0 Å². The smallest absolute Gasteiger partial charge is 0.0138 e. The third kappa shape index (κ3) is 3.76. The Balaban J connectivity index is 1.96. The standard InChI is InChI=1S/C18H36N2/c1-5-14-6-7-15(13-19)17(12-14)20(4)16-8-10-18(2,3)11-9-16/h14-17H,5-13,19H2,1-4H3. The Morgan fingerprint density at radius 2 is 1.75 bits per heavy atom. The zero-order valence-corrected chi connectivity index (χ0v) is 14.2. The molecule has 0 aromatic heterocycles. The second-order valence-electron chi connectivity index (χ2n) is 8.21. The zero-order valence-electron chi connectivity index (χ0n) is 14.2. The van der Waals surface area contributed by atoms with E-state index in [4.69, 9.17) is 5.73 Å². The van der Waals surface area contributed by atoms with Gasteiger partial charge in [-0.15, -0.1) is 0 Å². The van der Waals surface area contributed by atoms with Gasteiger partial charge in [-0.25, -0.2) is 0 Å². The minimum Gasteiger partial charge on any atom is -0.330 e. The van der Waals surface area contributed by atoms with Crippen LogP contribution in [-0.2, 0) is 0 Å². The van der Waals surface area contributed by atoms with Gasteiger partial charge in [-0.3, -0.25) is 0 Å². The van der Waals surface area contributed by atoms with Crippen molar-refractivity contribution in [1.29, 1.82) is 0 Å². The number of hydrogen-bond acceptors (Lipinski definition) is 2. The summed E-state index contributed by atoms with van der Waals surface area (Å²) in [6.07, 6.45) is 11.0. The minimum absolute atomic E-state index is 0.573. The minimum atomic E-state index is 0.573. The highest BCUT2D eigenvalue weighted by atomic mass is 15.2. The van der Waals surface area contributed by atoms with Crippen LogP contribution in [0.15, 0.2) is 0 Å². The third-order valence-corrected chi connectivity index (χ3v) is 6.35. The molecule has 118 valence electrons. The summed E-state index contributed by atoms with van der Waals surface area (Å²) >= 11 is 0. The van der Waals surface area contributed by atoms with Gasteiger partial charge in [-0.1, -0.05) is 33.6 Å². The molecule has 20 heavy (non-hydrogen) atoms. The molecule has 0 spiro atoms. The highest BCUT2D eigenvalue weighted by Crippen LogP contribution is 2.40. The lowest BCUT2D eigenvalue weighted by Crippen LogP contribution is -2.50. The van der Waals surface area contributed by atoms with Crippen molar-refractivity contribution in [2.45, 2.75) is 84.2 Å². The Bertz CT molecular complexity index is 290. The van der Waals surface area contributed by atoms with E-state index in [0.29, 0.717) is 5.41 Å². The maximum atomic E-state index is 6.06. The number of hydrogen-bond donors (Lipinski definition) is 1. The first-order valence-corrected chi connectivity index (χ1v) is 8.89. The summed E-state index contributed by atoms with van der Waals surface area (Å²) in [6, 6.07) is 1.54. The largest absolute Gasteiger partial charge is 0.330 e. The molecule has 2 aliphatic rings. The molecule has 0 amide bonds. The predicted octanol–water partition coefficient (Wildman–Crippen LogP) is 4.04. The summed E-state index contributed by atoms with van der Waals surface area (Å²) in [5, 5.41) is 0. The average molecular weight is 280 g/mol. The fourth-order valence-corrected chi connectivity index (χ4v) is 4.50. The fourth-order valence-electron chi connectivity index (χ4n) is 4.50. The summed E-state index contributed by atoms with van der Waals surface area (Å²) in [4.78, 5) is 2.73. The van der Waals surface area contributed by atoms with Gasteiger partial charge < -0.3 is 10.6 Å². The van der Waals surface area contributed by atoms with Crippen LogP contribution in [0, 0.1) is 17.3 Å².